The normalized spacial score (nSPS) is 12.4. The van der Waals surface area contributed by atoms with Crippen LogP contribution >= 0.6 is 23.5 Å². The Hall–Kier alpha value is -0.670. The highest BCUT2D eigenvalue weighted by atomic mass is 32.2. The third-order valence-electron chi connectivity index (χ3n) is 1.08. The summed E-state index contributed by atoms with van der Waals surface area (Å²) in [6.07, 6.45) is 1.53. The van der Waals surface area contributed by atoms with Gasteiger partial charge in [-0.15, -0.1) is 11.8 Å². The zero-order chi connectivity index (χ0) is 10.1. The van der Waals surface area contributed by atoms with Crippen LogP contribution < -0.4 is 0 Å². The van der Waals surface area contributed by atoms with Crippen molar-refractivity contribution in [2.45, 2.75) is 6.92 Å². The molecule has 1 nitrogen and oxygen atoms in total. The predicted molar refractivity (Wildman–Crippen MR) is 67.0 cm³/mol. The van der Waals surface area contributed by atoms with Gasteiger partial charge in [0.15, 0.2) is 0 Å². The maximum atomic E-state index is 4.12. The zero-order valence-electron chi connectivity index (χ0n) is 7.69. The van der Waals surface area contributed by atoms with E-state index in [0.29, 0.717) is 0 Å². The first-order valence-electron chi connectivity index (χ1n) is 3.66. The van der Waals surface area contributed by atoms with E-state index in [-0.39, 0.29) is 0 Å². The van der Waals surface area contributed by atoms with Crippen LogP contribution in [0.15, 0.2) is 52.7 Å². The second kappa shape index (κ2) is 7.95. The van der Waals surface area contributed by atoms with Crippen LogP contribution in [0.1, 0.15) is 6.92 Å². The van der Waals surface area contributed by atoms with Crippen LogP contribution in [0, 0.1) is 0 Å². The van der Waals surface area contributed by atoms with Crippen molar-refractivity contribution in [3.8, 4) is 0 Å². The summed E-state index contributed by atoms with van der Waals surface area (Å²) in [6, 6.07) is 0. The summed E-state index contributed by atoms with van der Waals surface area (Å²) in [5.74, 6) is 0. The van der Waals surface area contributed by atoms with Crippen molar-refractivity contribution < 1.29 is 0 Å². The van der Waals surface area contributed by atoms with Gasteiger partial charge in [0.25, 0.3) is 0 Å². The van der Waals surface area contributed by atoms with Crippen LogP contribution in [0.3, 0.4) is 0 Å². The van der Waals surface area contributed by atoms with Gasteiger partial charge in [-0.25, -0.2) is 4.99 Å². The molecule has 0 N–H and O–H groups in total. The highest BCUT2D eigenvalue weighted by molar-refractivity contribution is 8.17. The molecule has 3 heteroatoms. The van der Waals surface area contributed by atoms with Crippen molar-refractivity contribution in [2.24, 2.45) is 4.99 Å². The number of aliphatic imine (C=N–C) groups is 1. The van der Waals surface area contributed by atoms with Crippen molar-refractivity contribution in [2.75, 3.05) is 0 Å². The van der Waals surface area contributed by atoms with E-state index >= 15 is 0 Å². The lowest BCUT2D eigenvalue weighted by molar-refractivity contribution is 1.55. The third-order valence-corrected chi connectivity index (χ3v) is 2.58. The van der Waals surface area contributed by atoms with Gasteiger partial charge in [-0.05, 0) is 28.7 Å². The molecule has 0 heterocycles. The van der Waals surface area contributed by atoms with Gasteiger partial charge in [-0.1, -0.05) is 31.5 Å². The Morgan fingerprint density at radius 3 is 2.38 bits per heavy atom. The Labute approximate surface area is 88.4 Å². The molecule has 0 aliphatic heterocycles. The molecule has 70 valence electrons. The highest BCUT2D eigenvalue weighted by Gasteiger charge is 1.98. The second-order valence-electron chi connectivity index (χ2n) is 2.00. The van der Waals surface area contributed by atoms with Gasteiger partial charge < -0.3 is 0 Å². The smallest absolute Gasteiger partial charge is 0.104 e. The van der Waals surface area contributed by atoms with Gasteiger partial charge in [0.1, 0.15) is 5.04 Å². The Balaban J connectivity index is 4.52. The van der Waals surface area contributed by atoms with Crippen molar-refractivity contribution in [1.29, 1.82) is 0 Å². The molecule has 0 amide bonds. The number of rotatable bonds is 5. The molecule has 0 fully saturated rings. The Morgan fingerprint density at radius 1 is 1.23 bits per heavy atom. The second-order valence-corrected chi connectivity index (χ2v) is 3.80. The topological polar surface area (TPSA) is 12.4 Å². The molecular weight excluding hydrogens is 198 g/mol. The van der Waals surface area contributed by atoms with E-state index < -0.39 is 0 Å². The fourth-order valence-corrected chi connectivity index (χ4v) is 1.61. The first kappa shape index (κ1) is 12.3. The molecular formula is C10H13NS2. The summed E-state index contributed by atoms with van der Waals surface area (Å²) >= 11 is 3.02. The number of hydrogen-bond acceptors (Lipinski definition) is 3. The molecule has 0 radical (unpaired) electrons. The average Bonchev–Trinajstić information content (AvgIpc) is 2.14. The molecule has 0 rings (SSSR count). The van der Waals surface area contributed by atoms with Crippen molar-refractivity contribution >= 4 is 28.6 Å². The number of thioether (sulfide) groups is 2. The summed E-state index contributed by atoms with van der Waals surface area (Å²) in [5.41, 5.74) is 1.09. The van der Waals surface area contributed by atoms with Crippen molar-refractivity contribution in [3.63, 3.8) is 0 Å². The molecule has 0 aromatic rings. The van der Waals surface area contributed by atoms with E-state index in [4.69, 9.17) is 0 Å². The summed E-state index contributed by atoms with van der Waals surface area (Å²) < 4.78 is 0. The standard InChI is InChI=1S/C10H13NS2/c1-5-11-10(13-7-3)9(4)8-12-6-2/h5-8H,1-3H2,4H3/b9-8+,11-10-. The zero-order valence-corrected chi connectivity index (χ0v) is 9.33. The molecule has 0 aromatic heterocycles. The lowest BCUT2D eigenvalue weighted by Crippen LogP contribution is -1.90. The maximum Gasteiger partial charge on any atom is 0.104 e. The number of hydrogen-bond donors (Lipinski definition) is 0. The largest absolute Gasteiger partial charge is 0.250 e. The van der Waals surface area contributed by atoms with Crippen molar-refractivity contribution in [3.05, 3.63) is 47.7 Å². The van der Waals surface area contributed by atoms with Crippen LogP contribution in [0.4, 0.5) is 0 Å². The van der Waals surface area contributed by atoms with Crippen LogP contribution in [-0.4, -0.2) is 5.04 Å². The van der Waals surface area contributed by atoms with E-state index in [2.05, 4.69) is 24.7 Å². The molecule has 0 atom stereocenters. The van der Waals surface area contributed by atoms with Crippen LogP contribution in [0.5, 0.6) is 0 Å². The maximum absolute atomic E-state index is 4.12. The summed E-state index contributed by atoms with van der Waals surface area (Å²) in [4.78, 5) is 4.12. The highest BCUT2D eigenvalue weighted by Crippen LogP contribution is 2.17. The van der Waals surface area contributed by atoms with Crippen LogP contribution in [0.25, 0.3) is 0 Å². The van der Waals surface area contributed by atoms with Gasteiger partial charge in [0, 0.05) is 6.20 Å². The molecule has 13 heavy (non-hydrogen) atoms. The first-order chi connectivity index (χ1) is 6.26. The van der Waals surface area contributed by atoms with E-state index in [1.165, 1.54) is 29.7 Å². The van der Waals surface area contributed by atoms with E-state index in [1.807, 2.05) is 12.3 Å². The Morgan fingerprint density at radius 2 is 1.92 bits per heavy atom. The molecule has 0 unspecified atom stereocenters. The van der Waals surface area contributed by atoms with Gasteiger partial charge in [-0.3, -0.25) is 0 Å². The minimum Gasteiger partial charge on any atom is -0.250 e. The molecule has 0 aliphatic rings. The van der Waals surface area contributed by atoms with Gasteiger partial charge >= 0.3 is 0 Å². The van der Waals surface area contributed by atoms with E-state index in [0.717, 1.165) is 10.6 Å². The minimum atomic E-state index is 0.916. The summed E-state index contributed by atoms with van der Waals surface area (Å²) in [6.45, 7) is 12.8. The lowest BCUT2D eigenvalue weighted by Gasteiger charge is -2.00. The Kier molecular flexibility index (Phi) is 7.54. The van der Waals surface area contributed by atoms with Crippen LogP contribution in [0.2, 0.25) is 0 Å². The fourth-order valence-electron chi connectivity index (χ4n) is 0.588. The minimum absolute atomic E-state index is 0.916. The van der Waals surface area contributed by atoms with Gasteiger partial charge in [0.2, 0.25) is 0 Å². The average molecular weight is 211 g/mol. The molecule has 0 bridgehead atoms. The number of nitrogens with zero attached hydrogens (tertiary/aromatic N) is 1. The van der Waals surface area contributed by atoms with E-state index in [9.17, 15) is 0 Å². The Bertz CT molecular complexity index is 252. The van der Waals surface area contributed by atoms with E-state index in [1.54, 1.807) is 10.8 Å². The molecule has 0 saturated carbocycles. The molecule has 0 aliphatic carbocycles. The summed E-state index contributed by atoms with van der Waals surface area (Å²) in [7, 11) is 0. The van der Waals surface area contributed by atoms with Gasteiger partial charge in [0.05, 0.1) is 0 Å². The van der Waals surface area contributed by atoms with Gasteiger partial charge in [-0.2, -0.15) is 0 Å². The SMILES string of the molecule is C=C/N=C(SC=C)/C(C)=C/SC=C. The first-order valence-corrected chi connectivity index (χ1v) is 5.48. The van der Waals surface area contributed by atoms with Crippen molar-refractivity contribution in [1.82, 2.24) is 0 Å². The third kappa shape index (κ3) is 5.55. The fraction of sp³-hybridized carbons (Fsp3) is 0.100. The molecule has 0 aromatic carbocycles. The summed E-state index contributed by atoms with van der Waals surface area (Å²) in [5, 5.41) is 6.43. The quantitative estimate of drug-likeness (QED) is 0.499. The predicted octanol–water partition coefficient (Wildman–Crippen LogP) is 4.19. The molecule has 0 saturated heterocycles. The lowest BCUT2D eigenvalue weighted by atomic mass is 10.4. The monoisotopic (exact) mass is 211 g/mol. The molecule has 0 spiro atoms. The van der Waals surface area contributed by atoms with Crippen LogP contribution in [-0.2, 0) is 0 Å².